The Morgan fingerprint density at radius 1 is 1.15 bits per heavy atom. The number of methoxy groups -OCH3 is 1. The fraction of sp³-hybridized carbons (Fsp3) is 0.455. The predicted octanol–water partition coefficient (Wildman–Crippen LogP) is 4.50. The normalized spacial score (nSPS) is 24.0. The Bertz CT molecular complexity index is 880. The second kappa shape index (κ2) is 8.03. The molecule has 146 valence electrons. The highest BCUT2D eigenvalue weighted by molar-refractivity contribution is 7.91. The van der Waals surface area contributed by atoms with Crippen LogP contribution in [0.1, 0.15) is 56.7 Å². The average molecular weight is 388 g/mol. The highest BCUT2D eigenvalue weighted by atomic mass is 32.2. The Morgan fingerprint density at radius 3 is 2.52 bits per heavy atom. The van der Waals surface area contributed by atoms with Crippen LogP contribution in [0.2, 0.25) is 0 Å². The van der Waals surface area contributed by atoms with Gasteiger partial charge in [-0.2, -0.15) is 0 Å². The first-order valence-electron chi connectivity index (χ1n) is 9.68. The molecule has 5 heteroatoms. The quantitative estimate of drug-likeness (QED) is 0.793. The van der Waals surface area contributed by atoms with E-state index in [-0.39, 0.29) is 11.8 Å². The molecule has 3 rings (SSSR count). The lowest BCUT2D eigenvalue weighted by Gasteiger charge is -2.36. The number of rotatable bonds is 6. The van der Waals surface area contributed by atoms with Crippen LogP contribution in [0.25, 0.3) is 0 Å². The van der Waals surface area contributed by atoms with E-state index in [0.29, 0.717) is 10.6 Å². The Kier molecular flexibility index (Phi) is 5.92. The van der Waals surface area contributed by atoms with Gasteiger partial charge in [-0.25, -0.2) is 8.42 Å². The third-order valence-corrected chi connectivity index (χ3v) is 7.57. The number of unbranched alkanes of at least 4 members (excludes halogenated alkanes) is 1. The summed E-state index contributed by atoms with van der Waals surface area (Å²) < 4.78 is 32.0. The van der Waals surface area contributed by atoms with Gasteiger partial charge in [-0.05, 0) is 42.2 Å². The predicted molar refractivity (Wildman–Crippen MR) is 109 cm³/mol. The molecule has 1 aliphatic heterocycles. The molecule has 1 N–H and O–H groups in total. The van der Waals surface area contributed by atoms with Crippen LogP contribution in [0.4, 0.5) is 0 Å². The van der Waals surface area contributed by atoms with E-state index < -0.39 is 15.4 Å². The Balaban J connectivity index is 2.21. The maximum Gasteiger partial charge on any atom is 0.180 e. The van der Waals surface area contributed by atoms with Crippen molar-refractivity contribution in [1.29, 1.82) is 0 Å². The summed E-state index contributed by atoms with van der Waals surface area (Å²) in [6.45, 7) is 4.22. The number of sulfone groups is 1. The van der Waals surface area contributed by atoms with E-state index in [1.54, 1.807) is 19.2 Å². The van der Waals surface area contributed by atoms with Gasteiger partial charge in [0.2, 0.25) is 0 Å². The van der Waals surface area contributed by atoms with E-state index in [1.807, 2.05) is 24.3 Å². The Labute approximate surface area is 162 Å². The van der Waals surface area contributed by atoms with Crippen molar-refractivity contribution >= 4 is 9.84 Å². The fourth-order valence-corrected chi connectivity index (χ4v) is 6.10. The van der Waals surface area contributed by atoms with Crippen LogP contribution < -0.4 is 10.1 Å². The van der Waals surface area contributed by atoms with Crippen LogP contribution in [-0.4, -0.2) is 26.8 Å². The molecule has 0 radical (unpaired) electrons. The van der Waals surface area contributed by atoms with Gasteiger partial charge in [-0.1, -0.05) is 57.0 Å². The number of benzene rings is 2. The first kappa shape index (κ1) is 19.9. The lowest BCUT2D eigenvalue weighted by molar-refractivity contribution is 0.294. The monoisotopic (exact) mass is 387 g/mol. The standard InChI is InChI=1S/C22H29NO3S/c1-4-6-14-22(5-2)16-27(24,25)20-13-12-18(26-3)15-19(20)21(23-22)17-10-8-7-9-11-17/h7-13,15,21,23H,4-6,14,16H2,1-3H3. The minimum absolute atomic E-state index is 0.124. The molecular weight excluding hydrogens is 358 g/mol. The second-order valence-electron chi connectivity index (χ2n) is 7.39. The SMILES string of the molecule is CCCCC1(CC)CS(=O)(=O)c2ccc(OC)cc2C(c2ccccc2)N1. The number of nitrogens with one attached hydrogen (secondary N) is 1. The van der Waals surface area contributed by atoms with Gasteiger partial charge < -0.3 is 4.74 Å². The van der Waals surface area contributed by atoms with Gasteiger partial charge >= 0.3 is 0 Å². The highest BCUT2D eigenvalue weighted by Crippen LogP contribution is 2.39. The van der Waals surface area contributed by atoms with Gasteiger partial charge in [-0.15, -0.1) is 0 Å². The van der Waals surface area contributed by atoms with Crippen LogP contribution in [0.15, 0.2) is 53.4 Å². The molecule has 0 amide bonds. The maximum absolute atomic E-state index is 13.3. The van der Waals surface area contributed by atoms with E-state index in [2.05, 4.69) is 31.3 Å². The van der Waals surface area contributed by atoms with Crippen LogP contribution in [-0.2, 0) is 9.84 Å². The van der Waals surface area contributed by atoms with E-state index in [4.69, 9.17) is 4.74 Å². The summed E-state index contributed by atoms with van der Waals surface area (Å²) in [5.74, 6) is 0.795. The van der Waals surface area contributed by atoms with Gasteiger partial charge in [0, 0.05) is 5.54 Å². The average Bonchev–Trinajstić information content (AvgIpc) is 2.79. The lowest BCUT2D eigenvalue weighted by atomic mass is 9.88. The molecular formula is C22H29NO3S. The zero-order valence-corrected chi connectivity index (χ0v) is 17.2. The topological polar surface area (TPSA) is 55.4 Å². The molecule has 2 atom stereocenters. The molecule has 0 saturated carbocycles. The van der Waals surface area contributed by atoms with Crippen molar-refractivity contribution in [3.05, 3.63) is 59.7 Å². The van der Waals surface area contributed by atoms with Crippen molar-refractivity contribution < 1.29 is 13.2 Å². The first-order chi connectivity index (χ1) is 12.9. The largest absolute Gasteiger partial charge is 0.497 e. The van der Waals surface area contributed by atoms with E-state index in [9.17, 15) is 8.42 Å². The lowest BCUT2D eigenvalue weighted by Crippen LogP contribution is -2.50. The van der Waals surface area contributed by atoms with Crippen molar-refractivity contribution in [2.24, 2.45) is 0 Å². The molecule has 0 spiro atoms. The molecule has 0 fully saturated rings. The van der Waals surface area contributed by atoms with Gasteiger partial charge in [-0.3, -0.25) is 5.32 Å². The van der Waals surface area contributed by atoms with E-state index in [1.165, 1.54) is 0 Å². The molecule has 0 bridgehead atoms. The summed E-state index contributed by atoms with van der Waals surface area (Å²) >= 11 is 0. The molecule has 0 saturated heterocycles. The number of hydrogen-bond acceptors (Lipinski definition) is 4. The molecule has 0 aromatic heterocycles. The van der Waals surface area contributed by atoms with E-state index in [0.717, 1.165) is 36.8 Å². The maximum atomic E-state index is 13.3. The van der Waals surface area contributed by atoms with Crippen molar-refractivity contribution in [3.63, 3.8) is 0 Å². The summed E-state index contributed by atoms with van der Waals surface area (Å²) in [5, 5.41) is 3.76. The number of fused-ring (bicyclic) bond motifs is 1. The second-order valence-corrected chi connectivity index (χ2v) is 9.35. The molecule has 2 unspecified atom stereocenters. The zero-order chi connectivity index (χ0) is 19.5. The molecule has 4 nitrogen and oxygen atoms in total. The van der Waals surface area contributed by atoms with Crippen LogP contribution in [0.5, 0.6) is 5.75 Å². The van der Waals surface area contributed by atoms with Crippen molar-refractivity contribution in [1.82, 2.24) is 5.32 Å². The minimum Gasteiger partial charge on any atom is -0.497 e. The van der Waals surface area contributed by atoms with Gasteiger partial charge in [0.25, 0.3) is 0 Å². The molecule has 2 aromatic carbocycles. The Morgan fingerprint density at radius 2 is 1.89 bits per heavy atom. The van der Waals surface area contributed by atoms with Gasteiger partial charge in [0.05, 0.1) is 23.8 Å². The summed E-state index contributed by atoms with van der Waals surface area (Å²) in [6.07, 6.45) is 3.65. The molecule has 27 heavy (non-hydrogen) atoms. The van der Waals surface area contributed by atoms with Crippen LogP contribution >= 0.6 is 0 Å². The third kappa shape index (κ3) is 4.04. The van der Waals surface area contributed by atoms with Crippen LogP contribution in [0.3, 0.4) is 0 Å². The highest BCUT2D eigenvalue weighted by Gasteiger charge is 2.41. The molecule has 2 aromatic rings. The Hall–Kier alpha value is -1.85. The third-order valence-electron chi connectivity index (χ3n) is 5.60. The summed E-state index contributed by atoms with van der Waals surface area (Å²) in [7, 11) is -1.81. The molecule has 0 aliphatic carbocycles. The summed E-state index contributed by atoms with van der Waals surface area (Å²) in [5.41, 5.74) is 1.40. The summed E-state index contributed by atoms with van der Waals surface area (Å²) in [6, 6.07) is 15.2. The first-order valence-corrected chi connectivity index (χ1v) is 11.3. The van der Waals surface area contributed by atoms with Gasteiger partial charge in [0.1, 0.15) is 5.75 Å². The van der Waals surface area contributed by atoms with Crippen LogP contribution in [0, 0.1) is 0 Å². The number of ether oxygens (including phenoxy) is 1. The molecule has 1 heterocycles. The van der Waals surface area contributed by atoms with Crippen molar-refractivity contribution in [3.8, 4) is 5.75 Å². The molecule has 1 aliphatic rings. The van der Waals surface area contributed by atoms with Crippen molar-refractivity contribution in [2.75, 3.05) is 12.9 Å². The van der Waals surface area contributed by atoms with Gasteiger partial charge in [0.15, 0.2) is 9.84 Å². The minimum atomic E-state index is -3.41. The number of hydrogen-bond donors (Lipinski definition) is 1. The van der Waals surface area contributed by atoms with E-state index >= 15 is 0 Å². The smallest absolute Gasteiger partial charge is 0.180 e. The zero-order valence-electron chi connectivity index (χ0n) is 16.4. The summed E-state index contributed by atoms with van der Waals surface area (Å²) in [4.78, 5) is 0.413. The van der Waals surface area contributed by atoms with Crippen molar-refractivity contribution in [2.45, 2.75) is 56.0 Å². The fourth-order valence-electron chi connectivity index (χ4n) is 3.98.